The van der Waals surface area contributed by atoms with Crippen molar-refractivity contribution < 1.29 is 75.8 Å². The molecule has 3 aliphatic rings. The van der Waals surface area contributed by atoms with Gasteiger partial charge in [-0.3, -0.25) is 14.4 Å². The first-order chi connectivity index (χ1) is 48.2. The zero-order chi connectivity index (χ0) is 71.9. The van der Waals surface area contributed by atoms with Crippen LogP contribution in [0.25, 0.3) is 22.5 Å². The molecule has 24 nitrogen and oxygen atoms in total. The van der Waals surface area contributed by atoms with E-state index in [4.69, 9.17) is 45.3 Å². The summed E-state index contributed by atoms with van der Waals surface area (Å²) in [7, 11) is 2.41. The minimum atomic E-state index is -1.85. The Morgan fingerprint density at radius 2 is 0.873 bits per heavy atom. The second-order valence-electron chi connectivity index (χ2n) is 22.0. The van der Waals surface area contributed by atoms with Gasteiger partial charge in [-0.1, -0.05) is 105 Å². The van der Waals surface area contributed by atoms with E-state index >= 15 is 0 Å². The second kappa shape index (κ2) is 44.9. The van der Waals surface area contributed by atoms with Crippen LogP contribution in [0.2, 0.25) is 5.15 Å². The quantitative estimate of drug-likeness (QED) is 0.0297. The number of nitrogens with one attached hydrogen (secondary N) is 4. The van der Waals surface area contributed by atoms with Crippen LogP contribution in [0.1, 0.15) is 64.5 Å². The molecule has 5 aromatic carbocycles. The van der Waals surface area contributed by atoms with Gasteiger partial charge < -0.3 is 64.8 Å². The molecule has 0 spiro atoms. The number of nitrogens with zero attached hydrogens (tertiary/aromatic N) is 8. The average molecular weight is 1800 g/mol. The number of hydrogen-bond acceptors (Lipinski definition) is 19. The van der Waals surface area contributed by atoms with E-state index < -0.39 is 24.6 Å². The zero-order valence-electron chi connectivity index (χ0n) is 54.3. The molecule has 544 valence electrons. The number of piperidine rings is 3. The number of hydrogen-bond donors (Lipinski definition) is 6. The van der Waals surface area contributed by atoms with Gasteiger partial charge in [0.05, 0.1) is 49.3 Å². The summed E-state index contributed by atoms with van der Waals surface area (Å²) in [5.74, 6) is -0.666. The van der Waals surface area contributed by atoms with Crippen LogP contribution in [0.15, 0.2) is 152 Å². The molecule has 3 saturated heterocycles. The van der Waals surface area contributed by atoms with Gasteiger partial charge in [0.2, 0.25) is 17.7 Å². The molecule has 6 N–H and O–H groups in total. The summed E-state index contributed by atoms with van der Waals surface area (Å²) in [5.41, 5.74) is 2.74. The van der Waals surface area contributed by atoms with Crippen molar-refractivity contribution in [3.05, 3.63) is 186 Å². The Balaban J connectivity index is 0.000000249. The van der Waals surface area contributed by atoms with Crippen molar-refractivity contribution in [3.63, 3.8) is 0 Å². The summed E-state index contributed by atoms with van der Waals surface area (Å²) < 4.78 is 67.3. The number of methoxy groups -OCH3 is 3. The second-order valence-corrected chi connectivity index (χ2v) is 57.7. The number of aromatic nitrogens is 6. The maximum absolute atomic E-state index is 14.4. The number of benzene rings is 5. The summed E-state index contributed by atoms with van der Waals surface area (Å²) in [6, 6.07) is 36.6. The normalized spacial score (nSPS) is 13.4. The first kappa shape index (κ1) is 85.1. The molecule has 0 atom stereocenters. The van der Waals surface area contributed by atoms with Crippen LogP contribution in [0.3, 0.4) is 0 Å². The van der Waals surface area contributed by atoms with Crippen LogP contribution in [0.5, 0.6) is 17.2 Å². The number of amides is 5. The summed E-state index contributed by atoms with van der Waals surface area (Å²) in [4.78, 5) is 89.0. The third-order valence-corrected chi connectivity index (χ3v) is 15.7. The van der Waals surface area contributed by atoms with Gasteiger partial charge >= 0.3 is 84.2 Å². The topological polar surface area (TPSA) is 304 Å². The van der Waals surface area contributed by atoms with Crippen LogP contribution in [0, 0.1) is 35.2 Å². The van der Waals surface area contributed by atoms with Crippen molar-refractivity contribution in [3.8, 4) is 39.8 Å². The third-order valence-electron chi connectivity index (χ3n) is 15.5. The molecule has 8 aromatic rings. The SMILES string of the molecule is C.C.COc1cccc(F)c1-c1cc(NC(=O)C2CCN(C(=O)OCc3ccccc3)CC2)ncn1.COc1cccc(F)c1-c1cc(NC(=O)C2CCNCC2)ncn1.COc1cccc(F)c1B(O)O.O=C(Nc1cc(Cl)ncn1)C1CCN(C(=O)OCc2ccccc2)CC1.[I][V]([I])[I]. The summed E-state index contributed by atoms with van der Waals surface area (Å²) in [6.07, 6.45) is 6.88. The van der Waals surface area contributed by atoms with Gasteiger partial charge in [0.15, 0.2) is 0 Å². The molecule has 6 heterocycles. The van der Waals surface area contributed by atoms with Crippen LogP contribution in [-0.2, 0) is 42.0 Å². The van der Waals surface area contributed by atoms with E-state index in [9.17, 15) is 37.1 Å². The van der Waals surface area contributed by atoms with Gasteiger partial charge in [-0.15, -0.1) is 0 Å². The number of likely N-dealkylation sites (tertiary alicyclic amines) is 2. The molecule has 0 radical (unpaired) electrons. The fourth-order valence-corrected chi connectivity index (χ4v) is 10.5. The first-order valence-corrected chi connectivity index (χ1v) is 44.9. The van der Waals surface area contributed by atoms with Gasteiger partial charge in [-0.25, -0.2) is 52.7 Å². The molecule has 33 heteroatoms. The monoisotopic (exact) mass is 1800 g/mol. The minimum absolute atomic E-state index is 0. The van der Waals surface area contributed by atoms with E-state index in [2.05, 4.69) is 111 Å². The Morgan fingerprint density at radius 3 is 1.24 bits per heavy atom. The molecule has 0 bridgehead atoms. The van der Waals surface area contributed by atoms with E-state index in [0.717, 1.165) is 43.1 Å². The van der Waals surface area contributed by atoms with Crippen LogP contribution in [-0.4, -0.2) is 147 Å². The Kier molecular flexibility index (Phi) is 37.5. The molecule has 3 fully saturated rings. The van der Waals surface area contributed by atoms with E-state index in [1.165, 1.54) is 76.7 Å². The summed E-state index contributed by atoms with van der Waals surface area (Å²) in [5, 5.41) is 29.3. The number of carbonyl (C=O) groups excluding carboxylic acids is 5. The number of anilines is 3. The van der Waals surface area contributed by atoms with Crippen LogP contribution in [0.4, 0.5) is 40.2 Å². The Morgan fingerprint density at radius 1 is 0.520 bits per heavy atom. The third kappa shape index (κ3) is 27.3. The van der Waals surface area contributed by atoms with Gasteiger partial charge in [0, 0.05) is 62.1 Å². The fourth-order valence-electron chi connectivity index (χ4n) is 10.4. The van der Waals surface area contributed by atoms with E-state index in [0.29, 0.717) is 86.4 Å². The van der Waals surface area contributed by atoms with E-state index in [1.54, 1.807) is 40.1 Å². The standard InChI is InChI=1S/C25H25FN4O4.C18H19ClN4O3.C17H19FN4O2.C7H8BFO3.2CH4.3HI.V/c1-33-21-9-5-8-19(26)23(21)20-14-22(28-16-27-20)29-24(31)18-10-12-30(13-11-18)25(32)34-15-17-6-3-2-4-7-17;19-15-10-16(21-12-20-15)22-17(24)14-6-8-23(9-7-14)18(25)26-11-13-4-2-1-3-5-13;1-24-14-4-2-3-12(18)16(14)13-9-15(21-10-20-13)22-17(23)11-5-7-19-8-6-11;1-12-6-4-2-3-5(9)7(6)8(10)11;;;;;;/h2-9,14,16,18H,10-13,15H2,1H3,(H,27,28,29,31);1-5,10,12,14H,6-9,11H2,(H,20,21,22,24);2-4,9-11,19H,5-8H2,1H3,(H,20,21,22,23);2-4,10-11H,1H3;2*1H4;3*1H;/q;;;;;;;;;+3/p-3. The molecule has 11 rings (SSSR count). The fraction of sp³-hybridized carbons (Fsp3) is 0.319. The molecule has 0 aliphatic carbocycles. The number of rotatable bonds is 16. The predicted octanol–water partition coefficient (Wildman–Crippen LogP) is 13.1. The van der Waals surface area contributed by atoms with Crippen molar-refractivity contribution in [2.24, 2.45) is 17.8 Å². The first-order valence-electron chi connectivity index (χ1n) is 31.0. The number of carbonyl (C=O) groups is 5. The molecule has 0 unspecified atom stereocenters. The molecule has 5 amide bonds. The van der Waals surface area contributed by atoms with E-state index in [1.807, 2.05) is 60.7 Å². The molecule has 3 aliphatic heterocycles. The molecular weight excluding hydrogens is 1720 g/mol. The summed E-state index contributed by atoms with van der Waals surface area (Å²) >= 11 is 13.2. The van der Waals surface area contributed by atoms with E-state index in [-0.39, 0.29) is 114 Å². The zero-order valence-corrected chi connectivity index (χ0v) is 62.9. The maximum atomic E-state index is 14.4. The van der Waals surface area contributed by atoms with Crippen LogP contribution < -0.4 is 40.9 Å². The van der Waals surface area contributed by atoms with Crippen molar-refractivity contribution in [1.29, 1.82) is 0 Å². The van der Waals surface area contributed by atoms with Gasteiger partial charge in [0.25, 0.3) is 0 Å². The number of halogens is 7. The Hall–Kier alpha value is -7.51. The average Bonchev–Trinajstić information content (AvgIpc) is 0.827. The van der Waals surface area contributed by atoms with Gasteiger partial charge in [0.1, 0.15) is 89.5 Å². The molecule has 0 saturated carbocycles. The summed E-state index contributed by atoms with van der Waals surface area (Å²) in [6.45, 7) is 3.93. The molecule has 3 aromatic heterocycles. The van der Waals surface area contributed by atoms with Crippen molar-refractivity contribution in [1.82, 2.24) is 45.0 Å². The van der Waals surface area contributed by atoms with Crippen molar-refractivity contribution in [2.45, 2.75) is 66.6 Å². The molecule has 102 heavy (non-hydrogen) atoms. The predicted molar refractivity (Wildman–Crippen MR) is 407 cm³/mol. The Labute approximate surface area is 633 Å². The van der Waals surface area contributed by atoms with Crippen LogP contribution >= 0.6 is 71.5 Å². The number of ether oxygens (including phenoxy) is 5. The van der Waals surface area contributed by atoms with Gasteiger partial charge in [-0.2, -0.15) is 0 Å². The Bertz CT molecular complexity index is 3960. The van der Waals surface area contributed by atoms with Crippen molar-refractivity contribution in [2.75, 3.05) is 76.5 Å². The molecular formula is C69H79BClF3I3N12O12V. The van der Waals surface area contributed by atoms with Crippen molar-refractivity contribution >= 4 is 131 Å². The van der Waals surface area contributed by atoms with Gasteiger partial charge in [-0.05, 0) is 99.1 Å².